The second-order valence-corrected chi connectivity index (χ2v) is 6.19. The van der Waals surface area contributed by atoms with Crippen LogP contribution in [-0.4, -0.2) is 40.7 Å². The molecule has 0 aliphatic carbocycles. The molecule has 5 heteroatoms. The van der Waals surface area contributed by atoms with E-state index in [0.717, 1.165) is 56.1 Å². The number of aromatic nitrogens is 3. The zero-order chi connectivity index (χ0) is 16.4. The molecule has 124 valence electrons. The van der Waals surface area contributed by atoms with E-state index in [0.29, 0.717) is 0 Å². The number of hydrogen-bond donors (Lipinski definition) is 1. The Labute approximate surface area is 142 Å². The highest BCUT2D eigenvalue weighted by Crippen LogP contribution is 2.26. The van der Waals surface area contributed by atoms with Gasteiger partial charge in [0.1, 0.15) is 11.3 Å². The highest BCUT2D eigenvalue weighted by Gasteiger charge is 2.19. The fourth-order valence-electron chi connectivity index (χ4n) is 3.41. The Morgan fingerprint density at radius 3 is 2.62 bits per heavy atom. The molecule has 1 N–H and O–H groups in total. The first-order valence-electron chi connectivity index (χ1n) is 8.70. The van der Waals surface area contributed by atoms with Crippen LogP contribution in [0.3, 0.4) is 0 Å². The van der Waals surface area contributed by atoms with Gasteiger partial charge < -0.3 is 14.8 Å². The first-order chi connectivity index (χ1) is 11.9. The van der Waals surface area contributed by atoms with Crippen molar-refractivity contribution in [3.05, 3.63) is 54.0 Å². The van der Waals surface area contributed by atoms with Crippen molar-refractivity contribution in [2.75, 3.05) is 31.1 Å². The summed E-state index contributed by atoms with van der Waals surface area (Å²) in [7, 11) is 0. The van der Waals surface area contributed by atoms with Gasteiger partial charge in [-0.2, -0.15) is 0 Å². The molecule has 0 saturated carbocycles. The first kappa shape index (κ1) is 15.1. The smallest absolute Gasteiger partial charge is 0.162 e. The van der Waals surface area contributed by atoms with Crippen LogP contribution in [0.15, 0.2) is 42.6 Å². The predicted octanol–water partition coefficient (Wildman–Crippen LogP) is 2.45. The summed E-state index contributed by atoms with van der Waals surface area (Å²) in [5.74, 6) is 1.10. The molecule has 4 rings (SSSR count). The SMILES string of the molecule is CCc1nc2c(N3CCNCC3)ccnc2n1Cc1ccccc1. The summed E-state index contributed by atoms with van der Waals surface area (Å²) in [5, 5.41) is 3.41. The minimum absolute atomic E-state index is 0.818. The number of fused-ring (bicyclic) bond motifs is 1. The number of imidazole rings is 1. The van der Waals surface area contributed by atoms with E-state index in [2.05, 4.69) is 63.1 Å². The van der Waals surface area contributed by atoms with E-state index < -0.39 is 0 Å². The van der Waals surface area contributed by atoms with Crippen LogP contribution in [0.1, 0.15) is 18.3 Å². The molecule has 0 atom stereocenters. The van der Waals surface area contributed by atoms with Crippen LogP contribution in [0.5, 0.6) is 0 Å². The quantitative estimate of drug-likeness (QED) is 0.802. The van der Waals surface area contributed by atoms with E-state index in [1.807, 2.05) is 6.20 Å². The van der Waals surface area contributed by atoms with Crippen molar-refractivity contribution in [2.45, 2.75) is 19.9 Å². The van der Waals surface area contributed by atoms with E-state index in [1.165, 1.54) is 11.3 Å². The molecule has 5 nitrogen and oxygen atoms in total. The molecule has 3 heterocycles. The van der Waals surface area contributed by atoms with Gasteiger partial charge in [-0.1, -0.05) is 37.3 Å². The van der Waals surface area contributed by atoms with Gasteiger partial charge in [0, 0.05) is 38.8 Å². The molecule has 1 aliphatic heterocycles. The van der Waals surface area contributed by atoms with Crippen molar-refractivity contribution in [2.24, 2.45) is 0 Å². The lowest BCUT2D eigenvalue weighted by molar-refractivity contribution is 0.590. The zero-order valence-electron chi connectivity index (χ0n) is 14.1. The van der Waals surface area contributed by atoms with Crippen LogP contribution < -0.4 is 10.2 Å². The average molecular weight is 321 g/mol. The van der Waals surface area contributed by atoms with Gasteiger partial charge in [0.15, 0.2) is 5.65 Å². The number of rotatable bonds is 4. The Hall–Kier alpha value is -2.40. The molecule has 0 spiro atoms. The van der Waals surface area contributed by atoms with Crippen molar-refractivity contribution < 1.29 is 0 Å². The normalized spacial score (nSPS) is 15.1. The molecule has 0 radical (unpaired) electrons. The number of anilines is 1. The summed E-state index contributed by atoms with van der Waals surface area (Å²) >= 11 is 0. The van der Waals surface area contributed by atoms with Gasteiger partial charge in [0.2, 0.25) is 0 Å². The van der Waals surface area contributed by atoms with Crippen LogP contribution in [-0.2, 0) is 13.0 Å². The Morgan fingerprint density at radius 1 is 1.08 bits per heavy atom. The van der Waals surface area contributed by atoms with Gasteiger partial charge in [-0.3, -0.25) is 0 Å². The highest BCUT2D eigenvalue weighted by molar-refractivity contribution is 5.86. The second kappa shape index (κ2) is 6.61. The van der Waals surface area contributed by atoms with Gasteiger partial charge in [-0.05, 0) is 11.6 Å². The number of piperazine rings is 1. The average Bonchev–Trinajstić information content (AvgIpc) is 3.01. The zero-order valence-corrected chi connectivity index (χ0v) is 14.1. The Bertz CT molecular complexity index is 818. The van der Waals surface area contributed by atoms with E-state index >= 15 is 0 Å². The summed E-state index contributed by atoms with van der Waals surface area (Å²) in [6.07, 6.45) is 2.83. The molecule has 2 aromatic heterocycles. The third-order valence-electron chi connectivity index (χ3n) is 4.65. The topological polar surface area (TPSA) is 46.0 Å². The Balaban J connectivity index is 1.79. The van der Waals surface area contributed by atoms with Crippen molar-refractivity contribution >= 4 is 16.9 Å². The maximum absolute atomic E-state index is 4.94. The fourth-order valence-corrected chi connectivity index (χ4v) is 3.41. The number of nitrogens with one attached hydrogen (secondary N) is 1. The van der Waals surface area contributed by atoms with Crippen LogP contribution in [0, 0.1) is 0 Å². The molecule has 1 saturated heterocycles. The minimum Gasteiger partial charge on any atom is -0.367 e. The summed E-state index contributed by atoms with van der Waals surface area (Å²) in [4.78, 5) is 12.0. The minimum atomic E-state index is 0.818. The third kappa shape index (κ3) is 2.76. The second-order valence-electron chi connectivity index (χ2n) is 6.19. The molecular weight excluding hydrogens is 298 g/mol. The summed E-state index contributed by atoms with van der Waals surface area (Å²) in [6, 6.07) is 12.6. The van der Waals surface area contributed by atoms with Crippen LogP contribution in [0.2, 0.25) is 0 Å². The van der Waals surface area contributed by atoms with Crippen LogP contribution >= 0.6 is 0 Å². The Morgan fingerprint density at radius 2 is 1.88 bits per heavy atom. The number of pyridine rings is 1. The number of nitrogens with zero attached hydrogens (tertiary/aromatic N) is 4. The lowest BCUT2D eigenvalue weighted by Crippen LogP contribution is -2.43. The number of aryl methyl sites for hydroxylation is 1. The molecule has 1 aliphatic rings. The lowest BCUT2D eigenvalue weighted by atomic mass is 10.2. The Kier molecular flexibility index (Phi) is 4.17. The van der Waals surface area contributed by atoms with Crippen LogP contribution in [0.4, 0.5) is 5.69 Å². The van der Waals surface area contributed by atoms with Gasteiger partial charge in [-0.25, -0.2) is 9.97 Å². The summed E-state index contributed by atoms with van der Waals surface area (Å²) in [5.41, 5.74) is 4.52. The first-order valence-corrected chi connectivity index (χ1v) is 8.70. The third-order valence-corrected chi connectivity index (χ3v) is 4.65. The molecular formula is C19H23N5. The van der Waals surface area contributed by atoms with Crippen molar-refractivity contribution in [3.8, 4) is 0 Å². The van der Waals surface area contributed by atoms with Crippen LogP contribution in [0.25, 0.3) is 11.2 Å². The van der Waals surface area contributed by atoms with Crippen molar-refractivity contribution in [1.82, 2.24) is 19.9 Å². The fraction of sp³-hybridized carbons (Fsp3) is 0.368. The van der Waals surface area contributed by atoms with Crippen molar-refractivity contribution in [1.29, 1.82) is 0 Å². The van der Waals surface area contributed by atoms with Gasteiger partial charge in [0.05, 0.1) is 12.2 Å². The summed E-state index contributed by atoms with van der Waals surface area (Å²) in [6.45, 7) is 7.06. The predicted molar refractivity (Wildman–Crippen MR) is 97.5 cm³/mol. The van der Waals surface area contributed by atoms with E-state index in [-0.39, 0.29) is 0 Å². The number of hydrogen-bond acceptors (Lipinski definition) is 4. The maximum atomic E-state index is 4.94. The largest absolute Gasteiger partial charge is 0.367 e. The lowest BCUT2D eigenvalue weighted by Gasteiger charge is -2.29. The van der Waals surface area contributed by atoms with Gasteiger partial charge in [0.25, 0.3) is 0 Å². The van der Waals surface area contributed by atoms with E-state index in [9.17, 15) is 0 Å². The molecule has 24 heavy (non-hydrogen) atoms. The van der Waals surface area contributed by atoms with E-state index in [1.54, 1.807) is 0 Å². The van der Waals surface area contributed by atoms with Crippen molar-refractivity contribution in [3.63, 3.8) is 0 Å². The standard InChI is InChI=1S/C19H23N5/c1-2-17-22-18-16(23-12-10-20-11-13-23)8-9-21-19(18)24(17)14-15-6-4-3-5-7-15/h3-9,20H,2,10-14H2,1H3. The highest BCUT2D eigenvalue weighted by atomic mass is 15.2. The van der Waals surface area contributed by atoms with Gasteiger partial charge >= 0.3 is 0 Å². The number of benzene rings is 1. The van der Waals surface area contributed by atoms with Gasteiger partial charge in [-0.15, -0.1) is 0 Å². The monoisotopic (exact) mass is 321 g/mol. The molecule has 3 aromatic rings. The molecule has 0 unspecified atom stereocenters. The molecule has 1 aromatic carbocycles. The molecule has 1 fully saturated rings. The molecule has 0 amide bonds. The maximum Gasteiger partial charge on any atom is 0.162 e. The molecule has 0 bridgehead atoms. The van der Waals surface area contributed by atoms with E-state index in [4.69, 9.17) is 4.98 Å². The summed E-state index contributed by atoms with van der Waals surface area (Å²) < 4.78 is 2.26.